The van der Waals surface area contributed by atoms with Gasteiger partial charge in [-0.25, -0.2) is 13.1 Å². The van der Waals surface area contributed by atoms with E-state index in [9.17, 15) is 8.42 Å². The van der Waals surface area contributed by atoms with Crippen molar-refractivity contribution in [2.45, 2.75) is 51.0 Å². The second kappa shape index (κ2) is 6.46. The fourth-order valence-corrected chi connectivity index (χ4v) is 4.86. The van der Waals surface area contributed by atoms with Gasteiger partial charge in [0.2, 0.25) is 10.0 Å². The van der Waals surface area contributed by atoms with Crippen LogP contribution >= 0.6 is 0 Å². The maximum absolute atomic E-state index is 12.5. The lowest BCUT2D eigenvalue weighted by Crippen LogP contribution is -2.32. The molecule has 0 radical (unpaired) electrons. The third kappa shape index (κ3) is 3.84. The molecule has 1 N–H and O–H groups in total. The quantitative estimate of drug-likeness (QED) is 0.908. The van der Waals surface area contributed by atoms with Crippen molar-refractivity contribution in [3.8, 4) is 0 Å². The van der Waals surface area contributed by atoms with Crippen LogP contribution in [0.1, 0.15) is 36.0 Å². The van der Waals surface area contributed by atoms with Gasteiger partial charge in [0.15, 0.2) is 0 Å². The highest BCUT2D eigenvalue weighted by Gasteiger charge is 2.23. The number of aryl methyl sites for hydroxylation is 3. The Morgan fingerprint density at radius 2 is 1.86 bits per heavy atom. The van der Waals surface area contributed by atoms with Gasteiger partial charge in [0, 0.05) is 12.6 Å². The summed E-state index contributed by atoms with van der Waals surface area (Å²) in [6, 6.07) is 4.35. The number of benzene rings is 1. The molecule has 1 aromatic carbocycles. The summed E-state index contributed by atoms with van der Waals surface area (Å²) in [6.07, 6.45) is 3.25. The van der Waals surface area contributed by atoms with Crippen molar-refractivity contribution in [2.75, 3.05) is 20.1 Å². The summed E-state index contributed by atoms with van der Waals surface area (Å²) in [4.78, 5) is 2.75. The molecule has 1 aliphatic heterocycles. The summed E-state index contributed by atoms with van der Waals surface area (Å²) in [5, 5.41) is 0. The summed E-state index contributed by atoms with van der Waals surface area (Å²) in [5.74, 6) is 0. The van der Waals surface area contributed by atoms with Crippen LogP contribution in [0.5, 0.6) is 0 Å². The molecule has 5 heteroatoms. The first kappa shape index (κ1) is 16.5. The molecule has 0 aromatic heterocycles. The molecule has 2 rings (SSSR count). The van der Waals surface area contributed by atoms with E-state index in [1.165, 1.54) is 12.8 Å². The van der Waals surface area contributed by atoms with Crippen molar-refractivity contribution in [3.63, 3.8) is 0 Å². The highest BCUT2D eigenvalue weighted by atomic mass is 32.2. The Bertz CT molecular complexity index is 588. The van der Waals surface area contributed by atoms with Gasteiger partial charge >= 0.3 is 0 Å². The van der Waals surface area contributed by atoms with Gasteiger partial charge in [-0.1, -0.05) is 17.7 Å². The van der Waals surface area contributed by atoms with Gasteiger partial charge in [0.05, 0.1) is 4.90 Å². The molecular weight excluding hydrogens is 284 g/mol. The van der Waals surface area contributed by atoms with E-state index in [1.807, 2.05) is 32.9 Å². The number of nitrogens with one attached hydrogen (secondary N) is 1. The topological polar surface area (TPSA) is 49.4 Å². The monoisotopic (exact) mass is 310 g/mol. The molecule has 118 valence electrons. The van der Waals surface area contributed by atoms with Crippen LogP contribution in [0, 0.1) is 20.8 Å². The first-order valence-corrected chi connectivity index (χ1v) is 9.07. The largest absolute Gasteiger partial charge is 0.303 e. The van der Waals surface area contributed by atoms with Crippen LogP contribution in [0.2, 0.25) is 0 Å². The minimum absolute atomic E-state index is 0.438. The Labute approximate surface area is 128 Å². The lowest BCUT2D eigenvalue weighted by molar-refractivity contribution is 0.297. The third-order valence-electron chi connectivity index (χ3n) is 4.31. The van der Waals surface area contributed by atoms with Crippen LogP contribution in [0.4, 0.5) is 0 Å². The van der Waals surface area contributed by atoms with Gasteiger partial charge in [0.25, 0.3) is 0 Å². The fourth-order valence-electron chi connectivity index (χ4n) is 3.37. The number of nitrogens with zero attached hydrogens (tertiary/aromatic N) is 1. The summed E-state index contributed by atoms with van der Waals surface area (Å²) in [5.41, 5.74) is 2.73. The van der Waals surface area contributed by atoms with E-state index in [0.29, 0.717) is 17.5 Å². The minimum Gasteiger partial charge on any atom is -0.303 e. The minimum atomic E-state index is -3.42. The second-order valence-electron chi connectivity index (χ2n) is 6.19. The summed E-state index contributed by atoms with van der Waals surface area (Å²) >= 11 is 0. The molecule has 1 atom stereocenters. The van der Waals surface area contributed by atoms with Crippen LogP contribution < -0.4 is 4.72 Å². The summed E-state index contributed by atoms with van der Waals surface area (Å²) in [7, 11) is -1.30. The summed E-state index contributed by atoms with van der Waals surface area (Å²) < 4.78 is 27.8. The number of hydrogen-bond donors (Lipinski definition) is 1. The molecule has 0 unspecified atom stereocenters. The zero-order valence-electron chi connectivity index (χ0n) is 13.4. The van der Waals surface area contributed by atoms with Crippen LogP contribution in [0.25, 0.3) is 0 Å². The SMILES string of the molecule is Cc1cc(C)c(S(=O)(=O)NCC[C@@H]2CCCN2C)c(C)c1. The van der Waals surface area contributed by atoms with Crippen LogP contribution in [0.3, 0.4) is 0 Å². The Kier molecular flexibility index (Phi) is 5.07. The molecule has 4 nitrogen and oxygen atoms in total. The molecule has 1 heterocycles. The number of rotatable bonds is 5. The van der Waals surface area contributed by atoms with Crippen molar-refractivity contribution in [2.24, 2.45) is 0 Å². The van der Waals surface area contributed by atoms with Gasteiger partial charge < -0.3 is 4.90 Å². The molecule has 0 spiro atoms. The van der Waals surface area contributed by atoms with E-state index >= 15 is 0 Å². The van der Waals surface area contributed by atoms with Crippen LogP contribution in [0.15, 0.2) is 17.0 Å². The molecule has 1 aromatic rings. The third-order valence-corrected chi connectivity index (χ3v) is 6.08. The van der Waals surface area contributed by atoms with Gasteiger partial charge in [-0.3, -0.25) is 0 Å². The molecule has 1 aliphatic rings. The Morgan fingerprint density at radius 1 is 1.24 bits per heavy atom. The average Bonchev–Trinajstić information content (AvgIpc) is 2.73. The van der Waals surface area contributed by atoms with E-state index in [2.05, 4.69) is 16.7 Å². The number of sulfonamides is 1. The van der Waals surface area contributed by atoms with Gasteiger partial charge in [0.1, 0.15) is 0 Å². The Balaban J connectivity index is 2.05. The maximum Gasteiger partial charge on any atom is 0.241 e. The van der Waals surface area contributed by atoms with Crippen molar-refractivity contribution in [3.05, 3.63) is 28.8 Å². The smallest absolute Gasteiger partial charge is 0.241 e. The highest BCUT2D eigenvalue weighted by Crippen LogP contribution is 2.22. The Hall–Kier alpha value is -0.910. The van der Waals surface area contributed by atoms with Crippen molar-refractivity contribution in [1.29, 1.82) is 0 Å². The molecule has 1 fully saturated rings. The Morgan fingerprint density at radius 3 is 2.38 bits per heavy atom. The first-order valence-electron chi connectivity index (χ1n) is 7.59. The van der Waals surface area contributed by atoms with Crippen molar-refractivity contribution < 1.29 is 8.42 Å². The van der Waals surface area contributed by atoms with Crippen molar-refractivity contribution in [1.82, 2.24) is 9.62 Å². The number of hydrogen-bond acceptors (Lipinski definition) is 3. The average molecular weight is 310 g/mol. The highest BCUT2D eigenvalue weighted by molar-refractivity contribution is 7.89. The molecule has 0 bridgehead atoms. The van der Waals surface area contributed by atoms with Gasteiger partial charge in [-0.05, 0) is 64.8 Å². The molecule has 0 amide bonds. The van der Waals surface area contributed by atoms with E-state index in [-0.39, 0.29) is 0 Å². The molecule has 21 heavy (non-hydrogen) atoms. The van der Waals surface area contributed by atoms with E-state index in [1.54, 1.807) is 0 Å². The zero-order valence-corrected chi connectivity index (χ0v) is 14.3. The lowest BCUT2D eigenvalue weighted by Gasteiger charge is -2.19. The maximum atomic E-state index is 12.5. The van der Waals surface area contributed by atoms with Crippen LogP contribution in [-0.4, -0.2) is 39.5 Å². The van der Waals surface area contributed by atoms with E-state index < -0.39 is 10.0 Å². The molecule has 1 saturated heterocycles. The van der Waals surface area contributed by atoms with Crippen LogP contribution in [-0.2, 0) is 10.0 Å². The predicted molar refractivity (Wildman–Crippen MR) is 86.1 cm³/mol. The second-order valence-corrected chi connectivity index (χ2v) is 7.89. The molecular formula is C16H26N2O2S. The van der Waals surface area contributed by atoms with E-state index in [4.69, 9.17) is 0 Å². The van der Waals surface area contributed by atoms with Gasteiger partial charge in [-0.15, -0.1) is 0 Å². The lowest BCUT2D eigenvalue weighted by atomic mass is 10.1. The number of likely N-dealkylation sites (tertiary alicyclic amines) is 1. The fraction of sp³-hybridized carbons (Fsp3) is 0.625. The predicted octanol–water partition coefficient (Wildman–Crippen LogP) is 2.37. The standard InChI is InChI=1S/C16H26N2O2S/c1-12-10-13(2)16(14(3)11-12)21(19,20)17-8-7-15-6-5-9-18(15)4/h10-11,15,17H,5-9H2,1-4H3/t15-/m0/s1. The normalized spacial score (nSPS) is 20.1. The molecule has 0 saturated carbocycles. The molecule has 0 aliphatic carbocycles. The van der Waals surface area contributed by atoms with Gasteiger partial charge in [-0.2, -0.15) is 0 Å². The zero-order chi connectivity index (χ0) is 15.6. The van der Waals surface area contributed by atoms with Crippen molar-refractivity contribution >= 4 is 10.0 Å². The van der Waals surface area contributed by atoms with E-state index in [0.717, 1.165) is 29.7 Å². The summed E-state index contributed by atoms with van der Waals surface area (Å²) in [6.45, 7) is 7.33. The first-order chi connectivity index (χ1) is 9.81.